The Bertz CT molecular complexity index is 1380. The molecule has 1 aromatic heterocycles. The number of fused-ring (bicyclic) bond motifs is 2. The van der Waals surface area contributed by atoms with Gasteiger partial charge in [0.15, 0.2) is 15.6 Å². The van der Waals surface area contributed by atoms with Gasteiger partial charge in [-0.2, -0.15) is 0 Å². The van der Waals surface area contributed by atoms with Crippen molar-refractivity contribution in [3.63, 3.8) is 0 Å². The van der Waals surface area contributed by atoms with Crippen molar-refractivity contribution in [1.82, 2.24) is 9.55 Å². The molecule has 1 N–H and O–H groups in total. The minimum atomic E-state index is -3.80. The number of aryl methyl sites for hydroxylation is 1. The third kappa shape index (κ3) is 3.87. The summed E-state index contributed by atoms with van der Waals surface area (Å²) in [7, 11) is -3.80. The van der Waals surface area contributed by atoms with Gasteiger partial charge in [0.05, 0.1) is 30.4 Å². The minimum Gasteiger partial charge on any atom is -0.389 e. The molecule has 0 unspecified atom stereocenters. The number of hydrogen-bond acceptors (Lipinski definition) is 7. The van der Waals surface area contributed by atoms with E-state index in [2.05, 4.69) is 11.1 Å². The summed E-state index contributed by atoms with van der Waals surface area (Å²) in [4.78, 5) is 29.4. The second kappa shape index (κ2) is 8.23. The minimum absolute atomic E-state index is 0.0241. The lowest BCUT2D eigenvalue weighted by Crippen LogP contribution is -2.46. The molecule has 1 atom stereocenters. The number of ether oxygens (including phenoxy) is 1. The van der Waals surface area contributed by atoms with E-state index in [1.54, 1.807) is 6.07 Å². The highest BCUT2D eigenvalue weighted by Gasteiger charge is 2.42. The van der Waals surface area contributed by atoms with Gasteiger partial charge in [0, 0.05) is 12.8 Å². The van der Waals surface area contributed by atoms with E-state index in [4.69, 9.17) is 4.74 Å². The van der Waals surface area contributed by atoms with Crippen LogP contribution in [0.5, 0.6) is 0 Å². The number of hydrogen-bond donors (Lipinski definition) is 1. The van der Waals surface area contributed by atoms with Gasteiger partial charge in [-0.1, -0.05) is 18.2 Å². The summed E-state index contributed by atoms with van der Waals surface area (Å²) in [6.45, 7) is 1.58. The van der Waals surface area contributed by atoms with Crippen LogP contribution in [0.1, 0.15) is 24.5 Å². The van der Waals surface area contributed by atoms with E-state index in [-0.39, 0.29) is 18.5 Å². The van der Waals surface area contributed by atoms with Crippen LogP contribution in [0, 0.1) is 0 Å². The zero-order valence-corrected chi connectivity index (χ0v) is 18.7. The lowest BCUT2D eigenvalue weighted by Gasteiger charge is -2.25. The van der Waals surface area contributed by atoms with Crippen LogP contribution in [0.25, 0.3) is 22.0 Å². The molecule has 1 aliphatic rings. The van der Waals surface area contributed by atoms with E-state index in [0.717, 1.165) is 22.9 Å². The number of ketones is 1. The van der Waals surface area contributed by atoms with E-state index >= 15 is 0 Å². The third-order valence-corrected chi connectivity index (χ3v) is 8.33. The molecule has 0 spiro atoms. The highest BCUT2D eigenvalue weighted by Crippen LogP contribution is 2.28. The first-order valence-electron chi connectivity index (χ1n) is 10.2. The molecule has 2 heterocycles. The molecule has 8 nitrogen and oxygen atoms in total. The summed E-state index contributed by atoms with van der Waals surface area (Å²) in [5, 5.41) is 9.59. The molecule has 0 aliphatic carbocycles. The van der Waals surface area contributed by atoms with Crippen LogP contribution in [0.2, 0.25) is 0 Å². The van der Waals surface area contributed by atoms with Crippen LogP contribution in [-0.2, 0) is 39.1 Å². The Labute approximate surface area is 185 Å². The van der Waals surface area contributed by atoms with Crippen molar-refractivity contribution in [3.8, 4) is 11.1 Å². The van der Waals surface area contributed by atoms with Gasteiger partial charge in [-0.25, -0.2) is 13.4 Å². The number of rotatable bonds is 7. The summed E-state index contributed by atoms with van der Waals surface area (Å²) in [6.07, 6.45) is 2.17. The normalized spacial score (nSPS) is 15.5. The van der Waals surface area contributed by atoms with Crippen molar-refractivity contribution >= 4 is 26.5 Å². The molecule has 168 valence electrons. The monoisotopic (exact) mass is 456 g/mol. The number of nitrogens with zero attached hydrogens (tertiary/aromatic N) is 2. The van der Waals surface area contributed by atoms with Gasteiger partial charge < -0.3 is 9.84 Å². The van der Waals surface area contributed by atoms with Gasteiger partial charge >= 0.3 is 0 Å². The van der Waals surface area contributed by atoms with Crippen LogP contribution in [0.15, 0.2) is 47.5 Å². The molecule has 0 radical (unpaired) electrons. The van der Waals surface area contributed by atoms with Gasteiger partial charge in [0.2, 0.25) is 0 Å². The molecular weight excluding hydrogens is 432 g/mol. The highest BCUT2D eigenvalue weighted by atomic mass is 32.2. The van der Waals surface area contributed by atoms with Gasteiger partial charge in [-0.05, 0) is 53.8 Å². The number of carbonyl (C=O) groups excluding carboxylic acids is 1. The standard InChI is InChI=1S/C23H24N2O6S/c1-23(21(27)11-26,32(2,29)30)7-8-25-14-24-20-10-16(5-6-19(20)22(25)28)15-3-4-17-12-31-13-18(17)9-15/h3-6,9-10,14,26H,7-8,11-13H2,1-2H3/t23-/m0/s1. The quantitative estimate of drug-likeness (QED) is 0.577. The Kier molecular flexibility index (Phi) is 5.74. The number of benzene rings is 2. The number of aliphatic hydroxyl groups is 1. The SMILES string of the molecule is C[C@](CCn1cnc2cc(-c3ccc4c(c3)COC4)ccc2c1=O)(C(=O)CO)S(C)(=O)=O. The predicted molar refractivity (Wildman–Crippen MR) is 120 cm³/mol. The van der Waals surface area contributed by atoms with Gasteiger partial charge in [0.25, 0.3) is 5.56 Å². The van der Waals surface area contributed by atoms with E-state index in [1.165, 1.54) is 23.4 Å². The van der Waals surface area contributed by atoms with Crippen LogP contribution in [0.4, 0.5) is 0 Å². The van der Waals surface area contributed by atoms with Crippen LogP contribution in [0.3, 0.4) is 0 Å². The Morgan fingerprint density at radius 2 is 1.84 bits per heavy atom. The first-order chi connectivity index (χ1) is 15.1. The molecule has 0 amide bonds. The van der Waals surface area contributed by atoms with Gasteiger partial charge in [0.1, 0.15) is 11.4 Å². The zero-order chi connectivity index (χ0) is 23.1. The smallest absolute Gasteiger partial charge is 0.261 e. The van der Waals surface area contributed by atoms with E-state index < -0.39 is 27.0 Å². The summed E-state index contributed by atoms with van der Waals surface area (Å²) in [6, 6.07) is 11.5. The lowest BCUT2D eigenvalue weighted by atomic mass is 9.99. The molecule has 0 bridgehead atoms. The van der Waals surface area contributed by atoms with Crippen molar-refractivity contribution in [1.29, 1.82) is 0 Å². The van der Waals surface area contributed by atoms with Crippen LogP contribution >= 0.6 is 0 Å². The summed E-state index contributed by atoms with van der Waals surface area (Å²) >= 11 is 0. The molecule has 0 saturated heterocycles. The summed E-state index contributed by atoms with van der Waals surface area (Å²) < 4.78 is 29.3. The van der Waals surface area contributed by atoms with Crippen LogP contribution < -0.4 is 5.56 Å². The Morgan fingerprint density at radius 1 is 1.16 bits per heavy atom. The average molecular weight is 457 g/mol. The zero-order valence-electron chi connectivity index (χ0n) is 17.9. The Morgan fingerprint density at radius 3 is 2.56 bits per heavy atom. The first kappa shape index (κ1) is 22.3. The number of aliphatic hydroxyl groups excluding tert-OH is 1. The fourth-order valence-corrected chi connectivity index (χ4v) is 4.82. The number of Topliss-reactive ketones (excluding diaryl/α,β-unsaturated/α-hetero) is 1. The molecule has 4 rings (SSSR count). The van der Waals surface area contributed by atoms with Gasteiger partial charge in [-0.15, -0.1) is 0 Å². The largest absolute Gasteiger partial charge is 0.389 e. The van der Waals surface area contributed by atoms with E-state index in [0.29, 0.717) is 24.1 Å². The van der Waals surface area contributed by atoms with Crippen molar-refractivity contribution in [2.45, 2.75) is 37.9 Å². The van der Waals surface area contributed by atoms with Crippen molar-refractivity contribution < 1.29 is 23.1 Å². The molecule has 32 heavy (non-hydrogen) atoms. The molecule has 0 fully saturated rings. The number of carbonyl (C=O) groups is 1. The maximum absolute atomic E-state index is 13.0. The number of sulfone groups is 1. The van der Waals surface area contributed by atoms with Gasteiger partial charge in [-0.3, -0.25) is 14.2 Å². The fourth-order valence-electron chi connectivity index (χ4n) is 3.88. The second-order valence-corrected chi connectivity index (χ2v) is 10.7. The van der Waals surface area contributed by atoms with E-state index in [1.807, 2.05) is 24.3 Å². The topological polar surface area (TPSA) is 116 Å². The molecule has 1 aliphatic heterocycles. The predicted octanol–water partition coefficient (Wildman–Crippen LogP) is 1.85. The highest BCUT2D eigenvalue weighted by molar-refractivity contribution is 7.92. The first-order valence-corrected chi connectivity index (χ1v) is 12.1. The molecule has 0 saturated carbocycles. The Hall–Kier alpha value is -2.88. The third-order valence-electron chi connectivity index (χ3n) is 6.26. The van der Waals surface area contributed by atoms with Crippen molar-refractivity contribution in [2.24, 2.45) is 0 Å². The second-order valence-electron chi connectivity index (χ2n) is 8.29. The maximum Gasteiger partial charge on any atom is 0.261 e. The number of aromatic nitrogens is 2. The summed E-state index contributed by atoms with van der Waals surface area (Å²) in [5.41, 5.74) is 4.46. The molecule has 2 aromatic carbocycles. The summed E-state index contributed by atoms with van der Waals surface area (Å²) in [5.74, 6) is -0.800. The maximum atomic E-state index is 13.0. The van der Waals surface area contributed by atoms with Crippen LogP contribution in [-0.4, -0.2) is 46.5 Å². The lowest BCUT2D eigenvalue weighted by molar-refractivity contribution is -0.124. The van der Waals surface area contributed by atoms with Crippen molar-refractivity contribution in [3.05, 3.63) is 64.2 Å². The molecule has 3 aromatic rings. The molecule has 9 heteroatoms. The van der Waals surface area contributed by atoms with E-state index in [9.17, 15) is 23.1 Å². The average Bonchev–Trinajstić information content (AvgIpc) is 3.24. The molecular formula is C23H24N2O6S. The Balaban J connectivity index is 1.64. The van der Waals surface area contributed by atoms with Crippen molar-refractivity contribution in [2.75, 3.05) is 12.9 Å². The fraction of sp³-hybridized carbons (Fsp3) is 0.348.